The zero-order valence-corrected chi connectivity index (χ0v) is 26.2. The topological polar surface area (TPSA) is 84.2 Å². The normalized spacial score (nSPS) is 11.4. The number of methoxy groups -OCH3 is 3. The third kappa shape index (κ3) is 6.15. The summed E-state index contributed by atoms with van der Waals surface area (Å²) >= 11 is 0. The number of nitrogens with zero attached hydrogens (tertiary/aromatic N) is 3. The summed E-state index contributed by atoms with van der Waals surface area (Å²) in [6.45, 7) is 8.57. The van der Waals surface area contributed by atoms with E-state index in [9.17, 15) is 4.79 Å². The Kier molecular flexibility index (Phi) is 8.99. The predicted molar refractivity (Wildman–Crippen MR) is 175 cm³/mol. The SMILES string of the molecule is COc1cc(C)c(-c2nc3ccccc3c(=O)n2N=Cc2cc(OC)c(OCc3cccc(C)c3)c(OC)c2)cc1C(C)C. The molecule has 0 aliphatic rings. The van der Waals surface area contributed by atoms with Crippen molar-refractivity contribution in [3.8, 4) is 34.4 Å². The van der Waals surface area contributed by atoms with E-state index in [0.717, 1.165) is 33.6 Å². The van der Waals surface area contributed by atoms with Gasteiger partial charge in [-0.1, -0.05) is 55.8 Å². The first-order valence-electron chi connectivity index (χ1n) is 14.4. The van der Waals surface area contributed by atoms with Crippen LogP contribution in [0.2, 0.25) is 0 Å². The molecule has 44 heavy (non-hydrogen) atoms. The van der Waals surface area contributed by atoms with E-state index in [0.29, 0.717) is 46.1 Å². The molecule has 0 fully saturated rings. The van der Waals surface area contributed by atoms with Crippen LogP contribution in [0.1, 0.15) is 47.6 Å². The molecular formula is C36H37N3O5. The quantitative estimate of drug-likeness (QED) is 0.159. The highest BCUT2D eigenvalue weighted by atomic mass is 16.5. The van der Waals surface area contributed by atoms with Crippen LogP contribution in [0.15, 0.2) is 82.7 Å². The van der Waals surface area contributed by atoms with Gasteiger partial charge in [0, 0.05) is 11.1 Å². The molecule has 0 aliphatic heterocycles. The fourth-order valence-electron chi connectivity index (χ4n) is 5.17. The van der Waals surface area contributed by atoms with Crippen molar-refractivity contribution in [1.82, 2.24) is 9.66 Å². The maximum atomic E-state index is 13.9. The molecule has 0 unspecified atom stereocenters. The summed E-state index contributed by atoms with van der Waals surface area (Å²) in [6, 6.07) is 23.0. The lowest BCUT2D eigenvalue weighted by molar-refractivity contribution is 0.266. The second-order valence-electron chi connectivity index (χ2n) is 10.9. The molecule has 8 nitrogen and oxygen atoms in total. The summed E-state index contributed by atoms with van der Waals surface area (Å²) in [4.78, 5) is 18.8. The summed E-state index contributed by atoms with van der Waals surface area (Å²) in [6.07, 6.45) is 1.60. The van der Waals surface area contributed by atoms with Crippen molar-refractivity contribution in [3.63, 3.8) is 0 Å². The van der Waals surface area contributed by atoms with Crippen LogP contribution in [0.25, 0.3) is 22.3 Å². The first-order chi connectivity index (χ1) is 21.2. The number of hydrogen-bond acceptors (Lipinski definition) is 7. The molecule has 0 saturated carbocycles. The van der Waals surface area contributed by atoms with Gasteiger partial charge in [-0.25, -0.2) is 4.98 Å². The van der Waals surface area contributed by atoms with Crippen LogP contribution >= 0.6 is 0 Å². The monoisotopic (exact) mass is 591 g/mol. The molecule has 5 aromatic rings. The molecule has 226 valence electrons. The van der Waals surface area contributed by atoms with Crippen molar-refractivity contribution < 1.29 is 18.9 Å². The van der Waals surface area contributed by atoms with Gasteiger partial charge in [-0.05, 0) is 72.9 Å². The Labute approximate surface area is 257 Å². The molecule has 0 amide bonds. The highest BCUT2D eigenvalue weighted by molar-refractivity contribution is 5.84. The number of ether oxygens (including phenoxy) is 4. The van der Waals surface area contributed by atoms with Gasteiger partial charge >= 0.3 is 0 Å². The second kappa shape index (κ2) is 13.0. The van der Waals surface area contributed by atoms with E-state index < -0.39 is 0 Å². The van der Waals surface area contributed by atoms with Gasteiger partial charge in [0.05, 0.1) is 38.4 Å². The Morgan fingerprint density at radius 1 is 0.864 bits per heavy atom. The fourth-order valence-corrected chi connectivity index (χ4v) is 5.17. The summed E-state index contributed by atoms with van der Waals surface area (Å²) in [5.41, 5.74) is 5.88. The predicted octanol–water partition coefficient (Wildman–Crippen LogP) is 7.29. The van der Waals surface area contributed by atoms with Crippen molar-refractivity contribution in [2.75, 3.05) is 21.3 Å². The smallest absolute Gasteiger partial charge is 0.282 e. The van der Waals surface area contributed by atoms with Crippen LogP contribution in [0.5, 0.6) is 23.0 Å². The van der Waals surface area contributed by atoms with Crippen molar-refractivity contribution >= 4 is 17.1 Å². The summed E-state index contributed by atoms with van der Waals surface area (Å²) in [7, 11) is 4.81. The van der Waals surface area contributed by atoms with E-state index in [2.05, 4.69) is 25.0 Å². The average molecular weight is 592 g/mol. The van der Waals surface area contributed by atoms with E-state index in [-0.39, 0.29) is 11.5 Å². The number of aryl methyl sites for hydroxylation is 2. The van der Waals surface area contributed by atoms with Crippen LogP contribution in [0, 0.1) is 13.8 Å². The molecule has 1 aromatic heterocycles. The highest BCUT2D eigenvalue weighted by Gasteiger charge is 2.19. The Balaban J connectivity index is 1.61. The Hall–Kier alpha value is -5.11. The fraction of sp³-hybridized carbons (Fsp3) is 0.250. The Morgan fingerprint density at radius 3 is 2.23 bits per heavy atom. The third-order valence-electron chi connectivity index (χ3n) is 7.46. The van der Waals surface area contributed by atoms with Gasteiger partial charge in [0.15, 0.2) is 17.3 Å². The van der Waals surface area contributed by atoms with E-state index in [1.165, 1.54) is 4.68 Å². The van der Waals surface area contributed by atoms with Crippen molar-refractivity contribution in [1.29, 1.82) is 0 Å². The highest BCUT2D eigenvalue weighted by Crippen LogP contribution is 2.39. The maximum Gasteiger partial charge on any atom is 0.282 e. The van der Waals surface area contributed by atoms with Crippen LogP contribution in [0.3, 0.4) is 0 Å². The number of aromatic nitrogens is 2. The van der Waals surface area contributed by atoms with Crippen LogP contribution in [0.4, 0.5) is 0 Å². The number of rotatable bonds is 10. The number of para-hydroxylation sites is 1. The van der Waals surface area contributed by atoms with Crippen molar-refractivity contribution in [2.24, 2.45) is 5.10 Å². The van der Waals surface area contributed by atoms with E-state index in [4.69, 9.17) is 23.9 Å². The molecule has 1 heterocycles. The lowest BCUT2D eigenvalue weighted by atomic mass is 9.96. The van der Waals surface area contributed by atoms with Crippen LogP contribution < -0.4 is 24.5 Å². The standard InChI is InChI=1S/C36H37N3O5/c1-22(2)28-19-29(24(4)16-31(28)41-5)35-38-30-14-9-8-13-27(30)36(40)39(35)37-20-26-17-32(42-6)34(33(18-26)43-7)44-21-25-12-10-11-23(3)15-25/h8-20,22H,21H2,1-7H3. The minimum Gasteiger partial charge on any atom is -0.496 e. The van der Waals surface area contributed by atoms with Crippen LogP contribution in [-0.2, 0) is 6.61 Å². The molecular weight excluding hydrogens is 554 g/mol. The zero-order valence-electron chi connectivity index (χ0n) is 26.2. The van der Waals surface area contributed by atoms with E-state index >= 15 is 0 Å². The number of hydrogen-bond donors (Lipinski definition) is 0. The minimum atomic E-state index is -0.278. The summed E-state index contributed by atoms with van der Waals surface area (Å²) < 4.78 is 24.5. The Bertz CT molecular complexity index is 1880. The average Bonchev–Trinajstić information content (AvgIpc) is 3.02. The van der Waals surface area contributed by atoms with Gasteiger partial charge in [0.25, 0.3) is 5.56 Å². The van der Waals surface area contributed by atoms with Gasteiger partial charge in [-0.3, -0.25) is 4.79 Å². The molecule has 0 atom stereocenters. The van der Waals surface area contributed by atoms with Crippen LogP contribution in [-0.4, -0.2) is 37.2 Å². The zero-order chi connectivity index (χ0) is 31.4. The number of benzene rings is 4. The van der Waals surface area contributed by atoms with E-state index in [1.807, 2.05) is 62.4 Å². The molecule has 0 N–H and O–H groups in total. The van der Waals surface area contributed by atoms with Gasteiger partial charge < -0.3 is 18.9 Å². The first kappa shape index (κ1) is 30.4. The molecule has 0 spiro atoms. The second-order valence-corrected chi connectivity index (χ2v) is 10.9. The molecule has 5 rings (SSSR count). The molecule has 0 radical (unpaired) electrons. The van der Waals surface area contributed by atoms with Crippen molar-refractivity contribution in [2.45, 2.75) is 40.2 Å². The maximum absolute atomic E-state index is 13.9. The molecule has 8 heteroatoms. The largest absolute Gasteiger partial charge is 0.496 e. The molecule has 4 aromatic carbocycles. The first-order valence-corrected chi connectivity index (χ1v) is 14.4. The Morgan fingerprint density at radius 2 is 1.57 bits per heavy atom. The lowest BCUT2D eigenvalue weighted by Crippen LogP contribution is -2.20. The van der Waals surface area contributed by atoms with Gasteiger partial charge in [0.2, 0.25) is 5.75 Å². The summed E-state index contributed by atoms with van der Waals surface area (Å²) in [5.74, 6) is 2.87. The van der Waals surface area contributed by atoms with E-state index in [1.54, 1.807) is 45.7 Å². The number of fused-ring (bicyclic) bond motifs is 1. The lowest BCUT2D eigenvalue weighted by Gasteiger charge is -2.17. The summed E-state index contributed by atoms with van der Waals surface area (Å²) in [5, 5.41) is 5.15. The van der Waals surface area contributed by atoms with Gasteiger partial charge in [0.1, 0.15) is 12.4 Å². The van der Waals surface area contributed by atoms with Gasteiger partial charge in [-0.2, -0.15) is 9.78 Å². The van der Waals surface area contributed by atoms with Gasteiger partial charge in [-0.15, -0.1) is 0 Å². The minimum absolute atomic E-state index is 0.194. The molecule has 0 bridgehead atoms. The molecule has 0 aliphatic carbocycles. The molecule has 0 saturated heterocycles. The third-order valence-corrected chi connectivity index (χ3v) is 7.46. The van der Waals surface area contributed by atoms with Crippen molar-refractivity contribution in [3.05, 3.63) is 111 Å².